The molecule has 0 bridgehead atoms. The first kappa shape index (κ1) is 25.4. The molecular weight excluding hydrogens is 489 g/mol. The summed E-state index contributed by atoms with van der Waals surface area (Å²) in [6, 6.07) is 16.7. The number of halogens is 1. The number of hydrogen-bond donors (Lipinski definition) is 4. The summed E-state index contributed by atoms with van der Waals surface area (Å²) < 4.78 is 51.8. The van der Waals surface area contributed by atoms with Crippen LogP contribution in [-0.4, -0.2) is 50.5 Å². The molecule has 190 valence electrons. The third kappa shape index (κ3) is 5.26. The van der Waals surface area contributed by atoms with Crippen LogP contribution in [0.2, 0.25) is 0 Å². The maximum Gasteiger partial charge on any atom is 0.277 e. The Morgan fingerprint density at radius 3 is 2.69 bits per heavy atom. The number of nitrogens with zero attached hydrogens (tertiary/aromatic N) is 2. The number of benzene rings is 3. The molecule has 0 saturated carbocycles. The molecule has 36 heavy (non-hydrogen) atoms. The Labute approximate surface area is 207 Å². The molecule has 0 saturated heterocycles. The highest BCUT2D eigenvalue weighted by Gasteiger charge is 2.28. The maximum absolute atomic E-state index is 14.7. The van der Waals surface area contributed by atoms with E-state index in [-0.39, 0.29) is 23.6 Å². The van der Waals surface area contributed by atoms with Gasteiger partial charge in [0.1, 0.15) is 23.9 Å². The van der Waals surface area contributed by atoms with Crippen LogP contribution in [0.5, 0.6) is 11.6 Å². The molecule has 4 rings (SSSR count). The summed E-state index contributed by atoms with van der Waals surface area (Å²) in [5, 5.41) is 21.5. The summed E-state index contributed by atoms with van der Waals surface area (Å²) in [6.07, 6.45) is -1.23. The van der Waals surface area contributed by atoms with Crippen LogP contribution in [0.1, 0.15) is 11.7 Å². The number of ether oxygens (including phenoxy) is 2. The number of hydrogen-bond acceptors (Lipinski definition) is 8. The summed E-state index contributed by atoms with van der Waals surface area (Å²) in [5.74, 6) is 6.12. The standard InChI is InChI=1S/C24H26FN5O5S/c1-34-24-18-11-10-16(14-21(18)28-29-24)35-13-12-27-15-22(31)19-8-5-9-20(25)23(19)30(26)36(32,33)17-6-3-2-4-7-17/h2-11,14,22,27,31H,12-13,15,26H2,1H3,(H,28,29)/t22-/m0/s1. The number of aliphatic hydroxyl groups is 1. The molecule has 0 amide bonds. The summed E-state index contributed by atoms with van der Waals surface area (Å²) >= 11 is 0. The van der Waals surface area contributed by atoms with Gasteiger partial charge < -0.3 is 19.9 Å². The van der Waals surface area contributed by atoms with E-state index in [0.29, 0.717) is 22.6 Å². The number of aromatic amines is 1. The first-order chi connectivity index (χ1) is 17.3. The van der Waals surface area contributed by atoms with E-state index in [1.165, 1.54) is 36.4 Å². The van der Waals surface area contributed by atoms with E-state index < -0.39 is 27.6 Å². The number of hydrazine groups is 1. The number of sulfonamides is 1. The van der Waals surface area contributed by atoms with Gasteiger partial charge in [-0.15, -0.1) is 5.10 Å². The van der Waals surface area contributed by atoms with Gasteiger partial charge in [-0.1, -0.05) is 30.3 Å². The molecule has 1 heterocycles. The van der Waals surface area contributed by atoms with Gasteiger partial charge in [-0.05, 0) is 30.3 Å². The zero-order valence-corrected chi connectivity index (χ0v) is 20.2. The number of H-pyrrole nitrogens is 1. The quantitative estimate of drug-likeness (QED) is 0.136. The number of rotatable bonds is 11. The highest BCUT2D eigenvalue weighted by molar-refractivity contribution is 7.92. The predicted molar refractivity (Wildman–Crippen MR) is 133 cm³/mol. The minimum atomic E-state index is -4.24. The van der Waals surface area contributed by atoms with Crippen molar-refractivity contribution in [1.82, 2.24) is 15.5 Å². The Morgan fingerprint density at radius 1 is 1.17 bits per heavy atom. The van der Waals surface area contributed by atoms with Crippen LogP contribution in [-0.2, 0) is 10.0 Å². The van der Waals surface area contributed by atoms with Crippen molar-refractivity contribution in [3.8, 4) is 11.6 Å². The summed E-state index contributed by atoms with van der Waals surface area (Å²) in [6.45, 7) is 0.654. The topological polar surface area (TPSA) is 143 Å². The Hall–Kier alpha value is -3.71. The number of aromatic nitrogens is 2. The van der Waals surface area contributed by atoms with Gasteiger partial charge in [0, 0.05) is 24.7 Å². The van der Waals surface area contributed by atoms with Crippen molar-refractivity contribution in [1.29, 1.82) is 0 Å². The molecule has 10 nitrogen and oxygen atoms in total. The molecule has 3 aromatic carbocycles. The monoisotopic (exact) mass is 515 g/mol. The molecule has 1 atom stereocenters. The number of nitrogens with one attached hydrogen (secondary N) is 2. The lowest BCUT2D eigenvalue weighted by molar-refractivity contribution is 0.172. The van der Waals surface area contributed by atoms with E-state index in [2.05, 4.69) is 15.5 Å². The lowest BCUT2D eigenvalue weighted by Crippen LogP contribution is -2.39. The molecule has 12 heteroatoms. The lowest BCUT2D eigenvalue weighted by Gasteiger charge is -2.24. The molecular formula is C24H26FN5O5S. The zero-order chi connectivity index (χ0) is 25.7. The average molecular weight is 516 g/mol. The van der Waals surface area contributed by atoms with Crippen molar-refractivity contribution >= 4 is 26.6 Å². The van der Waals surface area contributed by atoms with Crippen LogP contribution in [0.15, 0.2) is 71.6 Å². The van der Waals surface area contributed by atoms with Gasteiger partial charge in [-0.2, -0.15) is 12.8 Å². The number of para-hydroxylation sites is 1. The lowest BCUT2D eigenvalue weighted by atomic mass is 10.1. The second kappa shape index (κ2) is 10.9. The highest BCUT2D eigenvalue weighted by Crippen LogP contribution is 2.31. The van der Waals surface area contributed by atoms with Crippen LogP contribution in [0, 0.1) is 5.82 Å². The van der Waals surface area contributed by atoms with Crippen LogP contribution in [0.25, 0.3) is 10.9 Å². The molecule has 0 aliphatic heterocycles. The van der Waals surface area contributed by atoms with E-state index in [0.717, 1.165) is 17.0 Å². The molecule has 4 aromatic rings. The van der Waals surface area contributed by atoms with E-state index in [1.54, 1.807) is 25.3 Å². The average Bonchev–Trinajstić information content (AvgIpc) is 3.30. The number of nitrogens with two attached hydrogens (primary N) is 1. The van der Waals surface area contributed by atoms with Crippen molar-refractivity contribution in [2.75, 3.05) is 31.2 Å². The highest BCUT2D eigenvalue weighted by atomic mass is 32.2. The Bertz CT molecular complexity index is 1430. The number of fused-ring (bicyclic) bond motifs is 1. The van der Waals surface area contributed by atoms with Crippen molar-refractivity contribution < 1.29 is 27.4 Å². The van der Waals surface area contributed by atoms with Gasteiger partial charge in [0.2, 0.25) is 5.88 Å². The Balaban J connectivity index is 1.37. The van der Waals surface area contributed by atoms with Crippen LogP contribution >= 0.6 is 0 Å². The van der Waals surface area contributed by atoms with Crippen LogP contribution < -0.4 is 25.0 Å². The summed E-state index contributed by atoms with van der Waals surface area (Å²) in [4.78, 5) is -0.0989. The van der Waals surface area contributed by atoms with Gasteiger partial charge in [0.25, 0.3) is 10.0 Å². The van der Waals surface area contributed by atoms with Gasteiger partial charge >= 0.3 is 0 Å². The largest absolute Gasteiger partial charge is 0.492 e. The van der Waals surface area contributed by atoms with Crippen molar-refractivity contribution in [2.24, 2.45) is 5.84 Å². The van der Waals surface area contributed by atoms with E-state index in [9.17, 15) is 17.9 Å². The predicted octanol–water partition coefficient (Wildman–Crippen LogP) is 2.48. The Morgan fingerprint density at radius 2 is 1.94 bits per heavy atom. The van der Waals surface area contributed by atoms with Gasteiger partial charge in [-0.3, -0.25) is 5.10 Å². The van der Waals surface area contributed by atoms with Gasteiger partial charge in [-0.25, -0.2) is 10.2 Å². The molecule has 0 aliphatic carbocycles. The second-order valence-electron chi connectivity index (χ2n) is 7.80. The summed E-state index contributed by atoms with van der Waals surface area (Å²) in [7, 11) is -2.70. The fraction of sp³-hybridized carbons (Fsp3) is 0.208. The van der Waals surface area contributed by atoms with E-state index >= 15 is 0 Å². The third-order valence-corrected chi connectivity index (χ3v) is 7.04. The first-order valence-corrected chi connectivity index (χ1v) is 12.4. The molecule has 0 aliphatic rings. The normalized spacial score (nSPS) is 12.4. The Kier molecular flexibility index (Phi) is 7.70. The molecule has 0 unspecified atom stereocenters. The van der Waals surface area contributed by atoms with Gasteiger partial charge in [0.05, 0.1) is 29.0 Å². The fourth-order valence-electron chi connectivity index (χ4n) is 3.67. The second-order valence-corrected chi connectivity index (χ2v) is 9.62. The number of aliphatic hydroxyl groups excluding tert-OH is 1. The summed E-state index contributed by atoms with van der Waals surface area (Å²) in [5.41, 5.74) is 0.377. The number of methoxy groups -OCH3 is 1. The molecule has 0 radical (unpaired) electrons. The maximum atomic E-state index is 14.7. The van der Waals surface area contributed by atoms with E-state index in [4.69, 9.17) is 15.3 Å². The SMILES string of the molecule is COc1n[nH]c2cc(OCCNC[C@H](O)c3cccc(F)c3N(N)S(=O)(=O)c3ccccc3)ccc12. The van der Waals surface area contributed by atoms with Crippen molar-refractivity contribution in [2.45, 2.75) is 11.0 Å². The minimum Gasteiger partial charge on any atom is -0.492 e. The smallest absolute Gasteiger partial charge is 0.277 e. The minimum absolute atomic E-state index is 0.00974. The molecule has 1 aromatic heterocycles. The van der Waals surface area contributed by atoms with Crippen molar-refractivity contribution in [3.63, 3.8) is 0 Å². The number of anilines is 1. The zero-order valence-electron chi connectivity index (χ0n) is 19.4. The van der Waals surface area contributed by atoms with E-state index in [1.807, 2.05) is 6.07 Å². The van der Waals surface area contributed by atoms with Gasteiger partial charge in [0.15, 0.2) is 0 Å². The van der Waals surface area contributed by atoms with Crippen molar-refractivity contribution in [3.05, 3.63) is 78.1 Å². The molecule has 0 fully saturated rings. The molecule has 0 spiro atoms. The van der Waals surface area contributed by atoms with Crippen LogP contribution in [0.4, 0.5) is 10.1 Å². The first-order valence-electron chi connectivity index (χ1n) is 11.0. The third-order valence-electron chi connectivity index (χ3n) is 5.48. The van der Waals surface area contributed by atoms with Crippen LogP contribution in [0.3, 0.4) is 0 Å². The fourth-order valence-corrected chi connectivity index (χ4v) is 4.83. The molecule has 5 N–H and O–H groups in total.